The van der Waals surface area contributed by atoms with Gasteiger partial charge in [0.15, 0.2) is 11.5 Å². The highest BCUT2D eigenvalue weighted by Crippen LogP contribution is 2.27. The number of carbonyl (C=O) groups is 1. The first kappa shape index (κ1) is 18.4. The average molecular weight is 367 g/mol. The lowest BCUT2D eigenvalue weighted by Gasteiger charge is -2.12. The molecule has 3 rings (SSSR count). The van der Waals surface area contributed by atoms with Crippen LogP contribution in [0.15, 0.2) is 47.5 Å². The fourth-order valence-electron chi connectivity index (χ4n) is 2.78. The van der Waals surface area contributed by atoms with Gasteiger partial charge < -0.3 is 14.8 Å². The molecule has 1 amide bonds. The topological polar surface area (TPSA) is 81.9 Å². The Morgan fingerprint density at radius 2 is 2.07 bits per heavy atom. The Morgan fingerprint density at radius 3 is 2.81 bits per heavy atom. The SMILES string of the molecule is CCOc1cc(CNC(=O)c2cnc3c(C)cccn3c2=O)ccc1OC. The molecule has 0 unspecified atom stereocenters. The lowest BCUT2D eigenvalue weighted by molar-refractivity contribution is 0.0949. The Bertz CT molecular complexity index is 1040. The van der Waals surface area contributed by atoms with Crippen molar-refractivity contribution in [2.75, 3.05) is 13.7 Å². The minimum Gasteiger partial charge on any atom is -0.493 e. The minimum atomic E-state index is -0.475. The molecule has 27 heavy (non-hydrogen) atoms. The monoisotopic (exact) mass is 367 g/mol. The zero-order chi connectivity index (χ0) is 19.4. The van der Waals surface area contributed by atoms with Gasteiger partial charge in [0.05, 0.1) is 13.7 Å². The van der Waals surface area contributed by atoms with Gasteiger partial charge in [0.25, 0.3) is 11.5 Å². The molecular weight excluding hydrogens is 346 g/mol. The van der Waals surface area contributed by atoms with Crippen LogP contribution in [-0.2, 0) is 6.54 Å². The summed E-state index contributed by atoms with van der Waals surface area (Å²) in [6.45, 7) is 4.50. The molecule has 7 heteroatoms. The van der Waals surface area contributed by atoms with Gasteiger partial charge >= 0.3 is 0 Å². The third kappa shape index (κ3) is 3.76. The van der Waals surface area contributed by atoms with Gasteiger partial charge in [0.2, 0.25) is 0 Å². The quantitative estimate of drug-likeness (QED) is 0.723. The van der Waals surface area contributed by atoms with Crippen LogP contribution in [0.5, 0.6) is 11.5 Å². The van der Waals surface area contributed by atoms with Crippen LogP contribution in [0.25, 0.3) is 5.65 Å². The zero-order valence-corrected chi connectivity index (χ0v) is 15.5. The van der Waals surface area contributed by atoms with E-state index in [1.54, 1.807) is 31.5 Å². The fourth-order valence-corrected chi connectivity index (χ4v) is 2.78. The highest BCUT2D eigenvalue weighted by Gasteiger charge is 2.14. The highest BCUT2D eigenvalue weighted by atomic mass is 16.5. The van der Waals surface area contributed by atoms with Crippen molar-refractivity contribution in [1.82, 2.24) is 14.7 Å². The number of carbonyl (C=O) groups excluding carboxylic acids is 1. The van der Waals surface area contributed by atoms with Crippen molar-refractivity contribution in [2.24, 2.45) is 0 Å². The van der Waals surface area contributed by atoms with Crippen molar-refractivity contribution in [1.29, 1.82) is 0 Å². The van der Waals surface area contributed by atoms with Gasteiger partial charge in [0, 0.05) is 18.9 Å². The van der Waals surface area contributed by atoms with Crippen LogP contribution in [-0.4, -0.2) is 29.0 Å². The van der Waals surface area contributed by atoms with E-state index in [9.17, 15) is 9.59 Å². The van der Waals surface area contributed by atoms with Crippen LogP contribution in [0.1, 0.15) is 28.4 Å². The van der Waals surface area contributed by atoms with E-state index >= 15 is 0 Å². The van der Waals surface area contributed by atoms with Crippen LogP contribution in [0.4, 0.5) is 0 Å². The van der Waals surface area contributed by atoms with Gasteiger partial charge in [-0.15, -0.1) is 0 Å². The summed E-state index contributed by atoms with van der Waals surface area (Å²) in [5.74, 6) is 0.756. The number of aryl methyl sites for hydroxylation is 1. The second kappa shape index (κ2) is 7.90. The number of ether oxygens (including phenoxy) is 2. The molecule has 3 aromatic rings. The summed E-state index contributed by atoms with van der Waals surface area (Å²) in [4.78, 5) is 29.3. The zero-order valence-electron chi connectivity index (χ0n) is 15.5. The van der Waals surface area contributed by atoms with Crippen molar-refractivity contribution < 1.29 is 14.3 Å². The molecule has 140 valence electrons. The number of aromatic nitrogens is 2. The number of pyridine rings is 1. The summed E-state index contributed by atoms with van der Waals surface area (Å²) in [7, 11) is 1.57. The molecule has 0 saturated heterocycles. The van der Waals surface area contributed by atoms with Gasteiger partial charge in [-0.2, -0.15) is 0 Å². The number of methoxy groups -OCH3 is 1. The van der Waals surface area contributed by atoms with E-state index in [0.717, 1.165) is 11.1 Å². The van der Waals surface area contributed by atoms with E-state index in [-0.39, 0.29) is 12.1 Å². The summed E-state index contributed by atoms with van der Waals surface area (Å²) >= 11 is 0. The average Bonchev–Trinajstić information content (AvgIpc) is 2.67. The normalized spacial score (nSPS) is 10.6. The number of nitrogens with zero attached hydrogens (tertiary/aromatic N) is 2. The van der Waals surface area contributed by atoms with E-state index < -0.39 is 11.5 Å². The van der Waals surface area contributed by atoms with Gasteiger partial charge in [-0.05, 0) is 43.2 Å². The van der Waals surface area contributed by atoms with Crippen LogP contribution >= 0.6 is 0 Å². The first-order valence-electron chi connectivity index (χ1n) is 8.60. The second-order valence-corrected chi connectivity index (χ2v) is 5.96. The molecule has 2 aromatic heterocycles. The maximum absolute atomic E-state index is 12.6. The summed E-state index contributed by atoms with van der Waals surface area (Å²) < 4.78 is 12.2. The van der Waals surface area contributed by atoms with Crippen LogP contribution < -0.4 is 20.3 Å². The standard InChI is InChI=1S/C20H21N3O4/c1-4-27-17-10-14(7-8-16(17)26-3)11-22-19(24)15-12-21-18-13(2)6-5-9-23(18)20(15)25/h5-10,12H,4,11H2,1-3H3,(H,22,24). The largest absolute Gasteiger partial charge is 0.493 e. The summed E-state index contributed by atoms with van der Waals surface area (Å²) in [5.41, 5.74) is 1.83. The molecule has 0 atom stereocenters. The molecule has 0 bridgehead atoms. The third-order valence-corrected chi connectivity index (χ3v) is 4.15. The van der Waals surface area contributed by atoms with Crippen molar-refractivity contribution in [3.05, 3.63) is 69.8 Å². The Morgan fingerprint density at radius 1 is 1.26 bits per heavy atom. The summed E-state index contributed by atoms with van der Waals surface area (Å²) in [5, 5.41) is 2.75. The number of hydrogen-bond acceptors (Lipinski definition) is 5. The second-order valence-electron chi connectivity index (χ2n) is 5.96. The lowest BCUT2D eigenvalue weighted by atomic mass is 10.2. The van der Waals surface area contributed by atoms with Gasteiger partial charge in [0.1, 0.15) is 11.2 Å². The van der Waals surface area contributed by atoms with Crippen molar-refractivity contribution >= 4 is 11.6 Å². The fraction of sp³-hybridized carbons (Fsp3) is 0.250. The van der Waals surface area contributed by atoms with E-state index in [1.165, 1.54) is 10.6 Å². The van der Waals surface area contributed by atoms with Gasteiger partial charge in [-0.25, -0.2) is 4.98 Å². The Kier molecular flexibility index (Phi) is 5.40. The van der Waals surface area contributed by atoms with E-state index in [0.29, 0.717) is 23.8 Å². The maximum Gasteiger partial charge on any atom is 0.270 e. The first-order valence-corrected chi connectivity index (χ1v) is 8.60. The molecule has 0 aliphatic rings. The molecule has 0 fully saturated rings. The Balaban J connectivity index is 1.80. The predicted octanol–water partition coefficient (Wildman–Crippen LogP) is 2.34. The number of benzene rings is 1. The molecule has 0 aliphatic carbocycles. The molecule has 2 heterocycles. The van der Waals surface area contributed by atoms with Gasteiger partial charge in [-0.3, -0.25) is 14.0 Å². The number of nitrogens with one attached hydrogen (secondary N) is 1. The third-order valence-electron chi connectivity index (χ3n) is 4.15. The Hall–Kier alpha value is -3.35. The predicted molar refractivity (Wildman–Crippen MR) is 102 cm³/mol. The number of rotatable bonds is 6. The van der Waals surface area contributed by atoms with Crippen molar-refractivity contribution in [3.63, 3.8) is 0 Å². The molecule has 0 spiro atoms. The molecule has 7 nitrogen and oxygen atoms in total. The number of amides is 1. The summed E-state index contributed by atoms with van der Waals surface area (Å²) in [6, 6.07) is 9.02. The first-order chi connectivity index (χ1) is 13.0. The van der Waals surface area contributed by atoms with Crippen LogP contribution in [0.3, 0.4) is 0 Å². The van der Waals surface area contributed by atoms with Crippen LogP contribution in [0, 0.1) is 6.92 Å². The van der Waals surface area contributed by atoms with E-state index in [2.05, 4.69) is 10.3 Å². The molecule has 1 N–H and O–H groups in total. The molecule has 0 radical (unpaired) electrons. The smallest absolute Gasteiger partial charge is 0.270 e. The lowest BCUT2D eigenvalue weighted by Crippen LogP contribution is -2.31. The molecular formula is C20H21N3O4. The highest BCUT2D eigenvalue weighted by molar-refractivity contribution is 5.93. The van der Waals surface area contributed by atoms with Crippen LogP contribution in [0.2, 0.25) is 0 Å². The molecule has 1 aromatic carbocycles. The number of fused-ring (bicyclic) bond motifs is 1. The van der Waals surface area contributed by atoms with E-state index in [4.69, 9.17) is 9.47 Å². The Labute approximate surface area is 156 Å². The maximum atomic E-state index is 12.6. The van der Waals surface area contributed by atoms with E-state index in [1.807, 2.05) is 26.0 Å². The van der Waals surface area contributed by atoms with Gasteiger partial charge in [-0.1, -0.05) is 12.1 Å². The number of hydrogen-bond donors (Lipinski definition) is 1. The van der Waals surface area contributed by atoms with Crippen molar-refractivity contribution in [2.45, 2.75) is 20.4 Å². The summed E-state index contributed by atoms with van der Waals surface area (Å²) in [6.07, 6.45) is 2.92. The minimum absolute atomic E-state index is 0.00311. The molecule has 0 saturated carbocycles. The molecule has 0 aliphatic heterocycles. The van der Waals surface area contributed by atoms with Crippen molar-refractivity contribution in [3.8, 4) is 11.5 Å².